The molecule has 1 aromatic heterocycles. The van der Waals surface area contributed by atoms with Gasteiger partial charge in [-0.25, -0.2) is 9.78 Å². The molecule has 2 atom stereocenters. The quantitative estimate of drug-likeness (QED) is 0.562. The van der Waals surface area contributed by atoms with Crippen LogP contribution < -0.4 is 4.74 Å². The van der Waals surface area contributed by atoms with Gasteiger partial charge in [0.2, 0.25) is 0 Å². The van der Waals surface area contributed by atoms with E-state index in [1.54, 1.807) is 0 Å². The maximum absolute atomic E-state index is 12.6. The van der Waals surface area contributed by atoms with Crippen molar-refractivity contribution in [1.29, 1.82) is 0 Å². The van der Waals surface area contributed by atoms with Gasteiger partial charge >= 0.3 is 12.3 Å². The van der Waals surface area contributed by atoms with E-state index >= 15 is 0 Å². The number of aromatic nitrogens is 1. The lowest BCUT2D eigenvalue weighted by Gasteiger charge is -2.41. The van der Waals surface area contributed by atoms with E-state index in [1.165, 1.54) is 6.07 Å². The molecule has 184 valence electrons. The van der Waals surface area contributed by atoms with Crippen LogP contribution in [0.5, 0.6) is 5.75 Å². The van der Waals surface area contributed by atoms with Crippen LogP contribution in [-0.2, 0) is 15.7 Å². The van der Waals surface area contributed by atoms with Crippen LogP contribution in [0.1, 0.15) is 77.8 Å². The van der Waals surface area contributed by atoms with Crippen LogP contribution in [0.15, 0.2) is 18.3 Å². The Kier molecular flexibility index (Phi) is 6.80. The Hall–Kier alpha value is -2.03. The highest BCUT2D eigenvalue weighted by Crippen LogP contribution is 2.39. The fraction of sp³-hybridized carbons (Fsp3) is 0.750. The Morgan fingerprint density at radius 2 is 1.55 bits per heavy atom. The number of hydrogen-bond donors (Lipinski definition) is 0. The Morgan fingerprint density at radius 1 is 0.939 bits per heavy atom. The molecule has 1 aromatic rings. The highest BCUT2D eigenvalue weighted by Gasteiger charge is 2.45. The molecule has 0 unspecified atom stereocenters. The lowest BCUT2D eigenvalue weighted by Crippen LogP contribution is -2.50. The molecule has 2 aliphatic heterocycles. The van der Waals surface area contributed by atoms with Crippen molar-refractivity contribution in [2.45, 2.75) is 114 Å². The van der Waals surface area contributed by atoms with Gasteiger partial charge in [0, 0.05) is 12.1 Å². The maximum Gasteiger partial charge on any atom is 0.433 e. The third-order valence-corrected chi connectivity index (χ3v) is 6.63. The third-order valence-electron chi connectivity index (χ3n) is 6.63. The molecule has 4 rings (SSSR count). The molecular weight excluding hydrogens is 437 g/mol. The molecule has 1 amide bonds. The first-order valence-electron chi connectivity index (χ1n) is 11.8. The SMILES string of the molecule is CC(C)(C)OC(=O)N1[C@H]2CC[C@H]1CC(OC1CCC(Oc3ccc(C(F)(F)F)nc3)CC1)C2. The number of ether oxygens (including phenoxy) is 3. The lowest BCUT2D eigenvalue weighted by atomic mass is 9.93. The van der Waals surface area contributed by atoms with Crippen LogP contribution in [0.4, 0.5) is 18.0 Å². The first-order chi connectivity index (χ1) is 15.5. The lowest BCUT2D eigenvalue weighted by molar-refractivity contribution is -0.141. The van der Waals surface area contributed by atoms with Gasteiger partial charge in [-0.05, 0) is 84.3 Å². The van der Waals surface area contributed by atoms with Gasteiger partial charge in [0.15, 0.2) is 0 Å². The summed E-state index contributed by atoms with van der Waals surface area (Å²) >= 11 is 0. The minimum Gasteiger partial charge on any atom is -0.489 e. The molecule has 3 fully saturated rings. The van der Waals surface area contributed by atoms with Gasteiger partial charge in [0.25, 0.3) is 0 Å². The molecule has 2 bridgehead atoms. The number of nitrogens with zero attached hydrogens (tertiary/aromatic N) is 2. The second kappa shape index (κ2) is 9.31. The van der Waals surface area contributed by atoms with E-state index in [9.17, 15) is 18.0 Å². The number of hydrogen-bond acceptors (Lipinski definition) is 5. The van der Waals surface area contributed by atoms with Gasteiger partial charge in [0.1, 0.15) is 17.0 Å². The molecule has 33 heavy (non-hydrogen) atoms. The molecule has 2 saturated heterocycles. The average Bonchev–Trinajstić information content (AvgIpc) is 2.99. The second-order valence-electron chi connectivity index (χ2n) is 10.4. The second-order valence-corrected chi connectivity index (χ2v) is 10.4. The maximum atomic E-state index is 12.6. The van der Waals surface area contributed by atoms with E-state index in [0.717, 1.165) is 63.6 Å². The van der Waals surface area contributed by atoms with Crippen LogP contribution >= 0.6 is 0 Å². The summed E-state index contributed by atoms with van der Waals surface area (Å²) in [5.41, 5.74) is -1.42. The Bertz CT molecular complexity index is 802. The molecule has 3 heterocycles. The Morgan fingerprint density at radius 3 is 2.06 bits per heavy atom. The molecule has 0 spiro atoms. The highest BCUT2D eigenvalue weighted by atomic mass is 19.4. The highest BCUT2D eigenvalue weighted by molar-refractivity contribution is 5.69. The first-order valence-corrected chi connectivity index (χ1v) is 11.8. The molecular formula is C24H33F3N2O4. The van der Waals surface area contributed by atoms with Crippen molar-refractivity contribution in [1.82, 2.24) is 9.88 Å². The topological polar surface area (TPSA) is 60.9 Å². The number of halogens is 3. The van der Waals surface area contributed by atoms with Crippen molar-refractivity contribution >= 4 is 6.09 Å². The van der Waals surface area contributed by atoms with Crippen molar-refractivity contribution < 1.29 is 32.2 Å². The van der Waals surface area contributed by atoms with E-state index in [4.69, 9.17) is 14.2 Å². The number of fused-ring (bicyclic) bond motifs is 2. The third kappa shape index (κ3) is 6.11. The van der Waals surface area contributed by atoms with E-state index in [0.29, 0.717) is 5.75 Å². The van der Waals surface area contributed by atoms with E-state index in [2.05, 4.69) is 4.98 Å². The molecule has 0 N–H and O–H groups in total. The normalized spacial score (nSPS) is 30.2. The number of pyridine rings is 1. The van der Waals surface area contributed by atoms with Crippen molar-refractivity contribution in [3.8, 4) is 5.75 Å². The molecule has 0 aromatic carbocycles. The standard InChI is InChI=1S/C24H33F3N2O4/c1-23(2,3)33-22(30)29-15-4-5-16(29)13-20(12-15)32-18-8-6-17(7-9-18)31-19-10-11-21(28-14-19)24(25,26)27/h10-11,14-18,20H,4-9,12-13H2,1-3H3/t15-,16-,17?,18?/m0/s1. The monoisotopic (exact) mass is 470 g/mol. The molecule has 1 aliphatic carbocycles. The smallest absolute Gasteiger partial charge is 0.433 e. The van der Waals surface area contributed by atoms with Crippen molar-refractivity contribution in [3.63, 3.8) is 0 Å². The summed E-state index contributed by atoms with van der Waals surface area (Å²) in [6.07, 6.45) is 3.64. The molecule has 3 aliphatic rings. The Labute approximate surface area is 192 Å². The number of alkyl halides is 3. The van der Waals surface area contributed by atoms with Gasteiger partial charge in [-0.15, -0.1) is 0 Å². The van der Waals surface area contributed by atoms with Crippen molar-refractivity contribution in [3.05, 3.63) is 24.0 Å². The van der Waals surface area contributed by atoms with E-state index in [-0.39, 0.29) is 36.5 Å². The summed E-state index contributed by atoms with van der Waals surface area (Å²) in [6.45, 7) is 5.66. The summed E-state index contributed by atoms with van der Waals surface area (Å²) in [4.78, 5) is 18.0. The number of carbonyl (C=O) groups is 1. The minimum atomic E-state index is -4.45. The predicted octanol–water partition coefficient (Wildman–Crippen LogP) is 5.74. The molecule has 9 heteroatoms. The summed E-state index contributed by atoms with van der Waals surface area (Å²) in [5.74, 6) is 0.360. The number of rotatable bonds is 4. The van der Waals surface area contributed by atoms with Gasteiger partial charge < -0.3 is 19.1 Å². The zero-order chi connectivity index (χ0) is 23.8. The summed E-state index contributed by atoms with van der Waals surface area (Å²) in [5, 5.41) is 0. The van der Waals surface area contributed by atoms with E-state index in [1.807, 2.05) is 25.7 Å². The Balaban J connectivity index is 1.22. The predicted molar refractivity (Wildman–Crippen MR) is 115 cm³/mol. The largest absolute Gasteiger partial charge is 0.489 e. The van der Waals surface area contributed by atoms with Gasteiger partial charge in [-0.1, -0.05) is 0 Å². The van der Waals surface area contributed by atoms with Crippen molar-refractivity contribution in [2.24, 2.45) is 0 Å². The van der Waals surface area contributed by atoms with Gasteiger partial charge in [-0.3, -0.25) is 0 Å². The van der Waals surface area contributed by atoms with E-state index < -0.39 is 17.5 Å². The number of carbonyl (C=O) groups excluding carboxylic acids is 1. The average molecular weight is 471 g/mol. The minimum absolute atomic E-state index is 0.0476. The van der Waals surface area contributed by atoms with Crippen LogP contribution in [0, 0.1) is 0 Å². The molecule has 0 radical (unpaired) electrons. The zero-order valence-electron chi connectivity index (χ0n) is 19.4. The zero-order valence-corrected chi connectivity index (χ0v) is 19.4. The molecule has 1 saturated carbocycles. The van der Waals surface area contributed by atoms with Gasteiger partial charge in [-0.2, -0.15) is 13.2 Å². The number of amides is 1. The first kappa shape index (κ1) is 24.1. The van der Waals surface area contributed by atoms with Crippen LogP contribution in [0.3, 0.4) is 0 Å². The van der Waals surface area contributed by atoms with Crippen LogP contribution in [-0.4, -0.2) is 52.0 Å². The summed E-state index contributed by atoms with van der Waals surface area (Å²) in [7, 11) is 0. The number of piperidine rings is 1. The van der Waals surface area contributed by atoms with Crippen LogP contribution in [0.25, 0.3) is 0 Å². The van der Waals surface area contributed by atoms with Gasteiger partial charge in [0.05, 0.1) is 24.5 Å². The molecule has 6 nitrogen and oxygen atoms in total. The fourth-order valence-electron chi connectivity index (χ4n) is 5.22. The van der Waals surface area contributed by atoms with Crippen LogP contribution in [0.2, 0.25) is 0 Å². The summed E-state index contributed by atoms with van der Waals surface area (Å²) < 4.78 is 55.8. The summed E-state index contributed by atoms with van der Waals surface area (Å²) in [6, 6.07) is 2.63. The fourth-order valence-corrected chi connectivity index (χ4v) is 5.22. The van der Waals surface area contributed by atoms with Crippen molar-refractivity contribution in [2.75, 3.05) is 0 Å².